The lowest BCUT2D eigenvalue weighted by atomic mass is 9.85. The molecule has 0 bridgehead atoms. The van der Waals surface area contributed by atoms with Gasteiger partial charge in [0.1, 0.15) is 11.9 Å². The Morgan fingerprint density at radius 3 is 2.38 bits per heavy atom. The number of ether oxygens (including phenoxy) is 1. The highest BCUT2D eigenvalue weighted by atomic mass is 32.2. The first-order valence-electron chi connectivity index (χ1n) is 23.9. The number of piperazine rings is 1. The molecule has 348 valence electrons. The number of fused-ring (bicyclic) bond motifs is 2. The maximum Gasteiger partial charge on any atom is 0.249 e. The molecule has 7 aliphatic rings. The molecule has 1 spiro atoms. The van der Waals surface area contributed by atoms with Gasteiger partial charge in [-0.3, -0.25) is 29.5 Å². The Bertz CT molecular complexity index is 2430. The molecule has 3 aromatic rings. The van der Waals surface area contributed by atoms with E-state index < -0.39 is 27.6 Å². The molecule has 4 saturated carbocycles. The van der Waals surface area contributed by atoms with E-state index in [1.54, 1.807) is 24.4 Å². The van der Waals surface area contributed by atoms with Crippen LogP contribution in [0.3, 0.4) is 0 Å². The fourth-order valence-electron chi connectivity index (χ4n) is 11.2. The van der Waals surface area contributed by atoms with Gasteiger partial charge in [0.2, 0.25) is 33.7 Å². The van der Waals surface area contributed by atoms with Gasteiger partial charge in [0.25, 0.3) is 0 Å². The van der Waals surface area contributed by atoms with Crippen LogP contribution in [0.5, 0.6) is 0 Å². The Kier molecular flexibility index (Phi) is 12.1. The molecule has 10 rings (SSSR count). The summed E-state index contributed by atoms with van der Waals surface area (Å²) >= 11 is 0. The van der Waals surface area contributed by atoms with Gasteiger partial charge in [0.15, 0.2) is 0 Å². The van der Waals surface area contributed by atoms with Gasteiger partial charge in [-0.1, -0.05) is 0 Å². The smallest absolute Gasteiger partial charge is 0.249 e. The van der Waals surface area contributed by atoms with Gasteiger partial charge in [0.05, 0.1) is 28.6 Å². The minimum absolute atomic E-state index is 0.0629. The molecule has 65 heavy (non-hydrogen) atoms. The molecular weight excluding hydrogens is 847 g/mol. The summed E-state index contributed by atoms with van der Waals surface area (Å²) in [5.74, 6) is 1.22. The number of nitrogens with zero attached hydrogens (tertiary/aromatic N) is 5. The van der Waals surface area contributed by atoms with E-state index >= 15 is 0 Å². The van der Waals surface area contributed by atoms with Crippen molar-refractivity contribution >= 4 is 56.6 Å². The summed E-state index contributed by atoms with van der Waals surface area (Å²) in [6.07, 6.45) is 12.7. The average molecular weight is 910 g/mol. The number of imide groups is 1. The molecular formula is C48H63N9O7S. The van der Waals surface area contributed by atoms with Crippen LogP contribution in [0.15, 0.2) is 47.5 Å². The largest absolute Gasteiger partial charge is 0.393 e. The van der Waals surface area contributed by atoms with E-state index in [1.165, 1.54) is 11.3 Å². The molecule has 2 aromatic carbocycles. The maximum absolute atomic E-state index is 13.6. The van der Waals surface area contributed by atoms with Gasteiger partial charge < -0.3 is 25.4 Å². The average Bonchev–Trinajstić information content (AvgIpc) is 4.04. The number of amides is 3. The third kappa shape index (κ3) is 9.23. The minimum Gasteiger partial charge on any atom is -0.393 e. The molecule has 3 atom stereocenters. The van der Waals surface area contributed by atoms with Crippen LogP contribution in [0.2, 0.25) is 0 Å². The summed E-state index contributed by atoms with van der Waals surface area (Å²) in [7, 11) is -3.75. The summed E-state index contributed by atoms with van der Waals surface area (Å²) in [5, 5.41) is 19.4. The fraction of sp³-hybridized carbons (Fsp3) is 0.604. The second-order valence-electron chi connectivity index (χ2n) is 19.9. The number of hydrogen-bond acceptors (Lipinski definition) is 13. The third-order valence-corrected chi connectivity index (χ3v) is 16.7. The van der Waals surface area contributed by atoms with E-state index in [1.807, 2.05) is 17.9 Å². The molecule has 5 N–H and O–H groups in total. The van der Waals surface area contributed by atoms with Gasteiger partial charge in [-0.15, -0.1) is 0 Å². The molecule has 3 aliphatic heterocycles. The van der Waals surface area contributed by atoms with Crippen molar-refractivity contribution in [2.75, 3.05) is 53.2 Å². The van der Waals surface area contributed by atoms with Crippen molar-refractivity contribution in [2.24, 2.45) is 5.92 Å². The van der Waals surface area contributed by atoms with Gasteiger partial charge in [-0.25, -0.2) is 18.1 Å². The standard InChI is InChI=1S/C48H63N9O7S/c1-29-23-38(11-12-40(29)51-47-49-27-39-44(53-47)57(46(61)48(39)16-17-48)34-4-3-5-35(58)26-34)65(62,63)54-33-24-37(25-33)64-36-9-6-31(7-10-36)28-55-18-20-56(21-19-55)42-14-8-32(22-30(42)2)50-41-13-15-43(59)52-45(41)60/h8,11-12,14,22-23,27,31,33-37,41,50,54,58H,3-7,9-10,13,15-21,24-26,28H2,1-2H3,(H,49,51,53)(H,52,59,60)/t31?,33?,34?,35-,36?,37?,41?/m1/s1. The van der Waals surface area contributed by atoms with Crippen molar-refractivity contribution in [1.82, 2.24) is 24.9 Å². The highest BCUT2D eigenvalue weighted by Crippen LogP contribution is 2.58. The lowest BCUT2D eigenvalue weighted by Gasteiger charge is -2.41. The van der Waals surface area contributed by atoms with Gasteiger partial charge in [-0.05, 0) is 151 Å². The van der Waals surface area contributed by atoms with Crippen molar-refractivity contribution in [3.63, 3.8) is 0 Å². The predicted molar refractivity (Wildman–Crippen MR) is 247 cm³/mol. The Balaban J connectivity index is 0.647. The zero-order chi connectivity index (χ0) is 45.0. The van der Waals surface area contributed by atoms with E-state index in [0.29, 0.717) is 55.5 Å². The van der Waals surface area contributed by atoms with Crippen LogP contribution in [0.4, 0.5) is 28.8 Å². The molecule has 4 heterocycles. The number of aryl methyl sites for hydroxylation is 2. The van der Waals surface area contributed by atoms with E-state index in [2.05, 4.69) is 54.5 Å². The van der Waals surface area contributed by atoms with E-state index in [4.69, 9.17) is 9.72 Å². The van der Waals surface area contributed by atoms with E-state index in [0.717, 1.165) is 107 Å². The molecule has 6 fully saturated rings. The number of anilines is 5. The number of carbonyl (C=O) groups excluding carboxylic acids is 3. The number of nitrogens with one attached hydrogen (secondary N) is 4. The predicted octanol–water partition coefficient (Wildman–Crippen LogP) is 4.94. The first-order chi connectivity index (χ1) is 31.3. The number of benzene rings is 2. The Morgan fingerprint density at radius 2 is 1.68 bits per heavy atom. The summed E-state index contributed by atoms with van der Waals surface area (Å²) in [4.78, 5) is 53.8. The lowest BCUT2D eigenvalue weighted by Crippen LogP contribution is -2.49. The van der Waals surface area contributed by atoms with Crippen LogP contribution in [0, 0.1) is 19.8 Å². The summed E-state index contributed by atoms with van der Waals surface area (Å²) < 4.78 is 36.4. The minimum atomic E-state index is -3.75. The molecule has 0 radical (unpaired) electrons. The Morgan fingerprint density at radius 1 is 0.892 bits per heavy atom. The molecule has 2 saturated heterocycles. The number of aromatic nitrogens is 2. The fourth-order valence-corrected chi connectivity index (χ4v) is 12.6. The van der Waals surface area contributed by atoms with Gasteiger partial charge in [0, 0.05) is 80.1 Å². The molecule has 2 unspecified atom stereocenters. The first-order valence-corrected chi connectivity index (χ1v) is 25.4. The van der Waals surface area contributed by atoms with Crippen molar-refractivity contribution in [2.45, 2.75) is 150 Å². The summed E-state index contributed by atoms with van der Waals surface area (Å²) in [6.45, 7) is 9.05. The number of hydrogen-bond donors (Lipinski definition) is 5. The number of aliphatic hydroxyl groups excluding tert-OH is 1. The highest BCUT2D eigenvalue weighted by molar-refractivity contribution is 7.89. The van der Waals surface area contributed by atoms with Gasteiger partial charge >= 0.3 is 0 Å². The third-order valence-electron chi connectivity index (χ3n) is 15.2. The van der Waals surface area contributed by atoms with Crippen LogP contribution >= 0.6 is 0 Å². The highest BCUT2D eigenvalue weighted by Gasteiger charge is 2.61. The van der Waals surface area contributed by atoms with Crippen LogP contribution < -0.4 is 30.5 Å². The second-order valence-corrected chi connectivity index (χ2v) is 21.6. The number of carbonyl (C=O) groups is 3. The topological polar surface area (TPSA) is 198 Å². The van der Waals surface area contributed by atoms with E-state index in [9.17, 15) is 27.9 Å². The van der Waals surface area contributed by atoms with Crippen LogP contribution in [-0.2, 0) is 34.6 Å². The SMILES string of the molecule is Cc1cc(S(=O)(=O)NC2CC(OC3CCC(CN4CCN(c5ccc(NC6CCC(=O)NC6=O)cc5C)CC4)CC3)C2)ccc1Nc1ncc2c(n1)N(C1CCC[C@@H](O)C1)C(=O)C21CC1. The lowest BCUT2D eigenvalue weighted by molar-refractivity contribution is -0.133. The van der Waals surface area contributed by atoms with Crippen molar-refractivity contribution in [3.05, 3.63) is 59.3 Å². The Labute approximate surface area is 381 Å². The number of aliphatic hydroxyl groups is 1. The van der Waals surface area contributed by atoms with E-state index in [-0.39, 0.29) is 46.9 Å². The second kappa shape index (κ2) is 17.8. The van der Waals surface area contributed by atoms with Crippen LogP contribution in [-0.4, -0.2) is 115 Å². The number of rotatable bonds is 13. The Hall–Kier alpha value is -4.68. The molecule has 4 aliphatic carbocycles. The zero-order valence-corrected chi connectivity index (χ0v) is 38.4. The molecule has 16 nitrogen and oxygen atoms in total. The zero-order valence-electron chi connectivity index (χ0n) is 37.6. The monoisotopic (exact) mass is 909 g/mol. The number of piperidine rings is 1. The first kappa shape index (κ1) is 44.2. The summed E-state index contributed by atoms with van der Waals surface area (Å²) in [6, 6.07) is 10.6. The van der Waals surface area contributed by atoms with Gasteiger partial charge in [-0.2, -0.15) is 4.98 Å². The normalized spacial score (nSPS) is 29.0. The van der Waals surface area contributed by atoms with Crippen molar-refractivity contribution in [3.8, 4) is 0 Å². The van der Waals surface area contributed by atoms with Crippen LogP contribution in [0.1, 0.15) is 107 Å². The molecule has 3 amide bonds. The van der Waals surface area contributed by atoms with Crippen LogP contribution in [0.25, 0.3) is 0 Å². The number of sulfonamides is 1. The van der Waals surface area contributed by atoms with Crippen molar-refractivity contribution < 1.29 is 32.6 Å². The maximum atomic E-state index is 13.6. The summed E-state index contributed by atoms with van der Waals surface area (Å²) in [5.41, 5.74) is 5.03. The molecule has 17 heteroatoms. The van der Waals surface area contributed by atoms with Crippen molar-refractivity contribution in [1.29, 1.82) is 0 Å². The molecule has 1 aromatic heterocycles. The quantitative estimate of drug-likeness (QED) is 0.145.